The fraction of sp³-hybridized carbons (Fsp3) is 0.320. The maximum absolute atomic E-state index is 15.0. The topological polar surface area (TPSA) is 130 Å². The summed E-state index contributed by atoms with van der Waals surface area (Å²) in [5.41, 5.74) is 0.121. The van der Waals surface area contributed by atoms with Gasteiger partial charge >= 0.3 is 6.18 Å². The van der Waals surface area contributed by atoms with Crippen LogP contribution in [0.25, 0.3) is 0 Å². The monoisotopic (exact) mass is 549 g/mol. The van der Waals surface area contributed by atoms with Crippen molar-refractivity contribution in [1.29, 1.82) is 0 Å². The molecule has 39 heavy (non-hydrogen) atoms. The number of alkyl halides is 3. The number of benzene rings is 1. The second-order valence-electron chi connectivity index (χ2n) is 8.80. The summed E-state index contributed by atoms with van der Waals surface area (Å²) in [6.45, 7) is 2.96. The van der Waals surface area contributed by atoms with Crippen molar-refractivity contribution in [3.8, 4) is 0 Å². The Morgan fingerprint density at radius 3 is 2.38 bits per heavy atom. The lowest BCUT2D eigenvalue weighted by atomic mass is 9.97. The summed E-state index contributed by atoms with van der Waals surface area (Å²) in [5, 5.41) is 13.5. The lowest BCUT2D eigenvalue weighted by Gasteiger charge is -2.20. The Morgan fingerprint density at radius 2 is 1.74 bits per heavy atom. The van der Waals surface area contributed by atoms with Gasteiger partial charge in [0, 0.05) is 24.1 Å². The highest BCUT2D eigenvalue weighted by atomic mass is 19.4. The summed E-state index contributed by atoms with van der Waals surface area (Å²) in [4.78, 5) is 41.5. The van der Waals surface area contributed by atoms with Gasteiger partial charge in [-0.2, -0.15) is 18.3 Å². The minimum Gasteiger partial charge on any atom is -0.346 e. The molecule has 0 aliphatic rings. The summed E-state index contributed by atoms with van der Waals surface area (Å²) >= 11 is 0. The Morgan fingerprint density at radius 1 is 1.00 bits per heavy atom. The van der Waals surface area contributed by atoms with Gasteiger partial charge in [-0.1, -0.05) is 6.07 Å². The van der Waals surface area contributed by atoms with E-state index in [2.05, 4.69) is 26.0 Å². The molecule has 10 nitrogen and oxygen atoms in total. The van der Waals surface area contributed by atoms with E-state index in [-0.39, 0.29) is 28.7 Å². The molecule has 0 spiro atoms. The lowest BCUT2D eigenvalue weighted by molar-refractivity contribution is -0.139. The lowest BCUT2D eigenvalue weighted by Crippen LogP contribution is -2.36. The van der Waals surface area contributed by atoms with E-state index >= 15 is 4.39 Å². The highest BCUT2D eigenvalue weighted by molar-refractivity contribution is 5.99. The van der Waals surface area contributed by atoms with E-state index in [1.165, 1.54) is 36.1 Å². The molecule has 0 fully saturated rings. The number of carbonyl (C=O) groups excluding carboxylic acids is 3. The number of nitrogens with zero attached hydrogens (tertiary/aromatic N) is 3. The van der Waals surface area contributed by atoms with Crippen LogP contribution in [0.1, 0.15) is 48.8 Å². The fourth-order valence-electron chi connectivity index (χ4n) is 3.56. The average molecular weight is 550 g/mol. The van der Waals surface area contributed by atoms with Crippen LogP contribution in [0.4, 0.5) is 34.8 Å². The summed E-state index contributed by atoms with van der Waals surface area (Å²) in [5.74, 6) is -4.10. The van der Waals surface area contributed by atoms with Gasteiger partial charge in [-0.05, 0) is 56.7 Å². The maximum Gasteiger partial charge on any atom is 0.405 e. The molecule has 3 rings (SSSR count). The minimum atomic E-state index is -4.62. The summed E-state index contributed by atoms with van der Waals surface area (Å²) in [6, 6.07) is 8.43. The van der Waals surface area contributed by atoms with E-state index in [4.69, 9.17) is 0 Å². The van der Waals surface area contributed by atoms with E-state index < -0.39 is 48.7 Å². The Labute approximate surface area is 221 Å². The third kappa shape index (κ3) is 7.99. The van der Waals surface area contributed by atoms with Crippen molar-refractivity contribution in [1.82, 2.24) is 25.4 Å². The van der Waals surface area contributed by atoms with E-state index in [0.29, 0.717) is 5.82 Å². The molecule has 1 aromatic carbocycles. The first-order valence-corrected chi connectivity index (χ1v) is 11.8. The van der Waals surface area contributed by atoms with Crippen molar-refractivity contribution in [2.75, 3.05) is 23.7 Å². The number of anilines is 3. The maximum atomic E-state index is 15.0. The van der Waals surface area contributed by atoms with Crippen molar-refractivity contribution in [2.45, 2.75) is 38.9 Å². The first-order valence-electron chi connectivity index (χ1n) is 11.8. The molecular weight excluding hydrogens is 522 g/mol. The first kappa shape index (κ1) is 29.1. The van der Waals surface area contributed by atoms with Crippen LogP contribution in [0.3, 0.4) is 0 Å². The van der Waals surface area contributed by atoms with Crippen LogP contribution in [0.15, 0.2) is 48.8 Å². The number of hydrogen-bond acceptors (Lipinski definition) is 6. The van der Waals surface area contributed by atoms with Gasteiger partial charge in [-0.25, -0.2) is 9.37 Å². The third-order valence-electron chi connectivity index (χ3n) is 5.47. The molecule has 3 amide bonds. The summed E-state index contributed by atoms with van der Waals surface area (Å²) < 4.78 is 54.2. The normalized spacial score (nSPS) is 12.1. The number of rotatable bonds is 10. The van der Waals surface area contributed by atoms with E-state index in [1.807, 2.05) is 13.8 Å². The Kier molecular flexibility index (Phi) is 9.22. The van der Waals surface area contributed by atoms with Crippen molar-refractivity contribution >= 4 is 34.9 Å². The highest BCUT2D eigenvalue weighted by Gasteiger charge is 2.30. The van der Waals surface area contributed by atoms with Gasteiger partial charge in [0.05, 0.1) is 18.2 Å². The number of halogens is 4. The van der Waals surface area contributed by atoms with Gasteiger partial charge in [-0.15, -0.1) is 0 Å². The third-order valence-corrected chi connectivity index (χ3v) is 5.47. The van der Waals surface area contributed by atoms with Gasteiger partial charge in [0.25, 0.3) is 5.91 Å². The zero-order valence-electron chi connectivity index (χ0n) is 21.3. The molecule has 0 saturated heterocycles. The van der Waals surface area contributed by atoms with Crippen molar-refractivity contribution in [3.63, 3.8) is 0 Å². The Balaban J connectivity index is 1.79. The van der Waals surface area contributed by atoms with Gasteiger partial charge < -0.3 is 21.3 Å². The van der Waals surface area contributed by atoms with Crippen LogP contribution >= 0.6 is 0 Å². The van der Waals surface area contributed by atoms with Gasteiger partial charge in [0.1, 0.15) is 23.9 Å². The second-order valence-corrected chi connectivity index (χ2v) is 8.80. The highest BCUT2D eigenvalue weighted by Crippen LogP contribution is 2.32. The predicted molar refractivity (Wildman–Crippen MR) is 135 cm³/mol. The van der Waals surface area contributed by atoms with Crippen LogP contribution in [-0.4, -0.2) is 51.8 Å². The van der Waals surface area contributed by atoms with E-state index in [1.54, 1.807) is 23.5 Å². The van der Waals surface area contributed by atoms with Gasteiger partial charge in [-0.3, -0.25) is 19.1 Å². The molecule has 1 atom stereocenters. The largest absolute Gasteiger partial charge is 0.405 e. The molecular formula is C25H27F4N7O3. The molecule has 0 saturated carbocycles. The molecule has 4 N–H and O–H groups in total. The molecule has 2 aromatic heterocycles. The zero-order valence-corrected chi connectivity index (χ0v) is 21.3. The predicted octanol–water partition coefficient (Wildman–Crippen LogP) is 3.89. The number of nitrogens with one attached hydrogen (secondary N) is 4. The summed E-state index contributed by atoms with van der Waals surface area (Å²) in [6.07, 6.45) is -1.69. The number of aromatic nitrogens is 3. The molecule has 0 radical (unpaired) electrons. The van der Waals surface area contributed by atoms with E-state index in [9.17, 15) is 27.6 Å². The molecule has 2 heterocycles. The van der Waals surface area contributed by atoms with Crippen LogP contribution in [0.5, 0.6) is 0 Å². The van der Waals surface area contributed by atoms with Crippen molar-refractivity contribution in [2.24, 2.45) is 0 Å². The van der Waals surface area contributed by atoms with E-state index in [0.717, 1.165) is 6.07 Å². The minimum absolute atomic E-state index is 0.0334. The molecule has 0 aliphatic carbocycles. The SMILES string of the molecule is CC(C(=O)NCC(F)(F)F)c1cc(F)c(NC(=O)CNC(=O)c2ccnn2C(C)C)cc1Nc1ccccn1. The second kappa shape index (κ2) is 12.4. The zero-order chi connectivity index (χ0) is 28.7. The number of amides is 3. The molecule has 14 heteroatoms. The number of hydrogen-bond donors (Lipinski definition) is 4. The van der Waals surface area contributed by atoms with Crippen LogP contribution in [0, 0.1) is 5.82 Å². The standard InChI is InChI=1S/C25H27F4N7O3/c1-14(2)36-20(7-9-33-36)24(39)31-12-22(37)35-19-11-18(34-21-6-4-5-8-30-21)16(10-17(19)26)15(3)23(38)32-13-25(27,28)29/h4-11,14-15H,12-13H2,1-3H3,(H,30,34)(H,31,39)(H,32,38)(H,35,37). The smallest absolute Gasteiger partial charge is 0.346 e. The van der Waals surface area contributed by atoms with Crippen LogP contribution in [0.2, 0.25) is 0 Å². The molecule has 0 aliphatic heterocycles. The molecule has 0 bridgehead atoms. The number of carbonyl (C=O) groups is 3. The fourth-order valence-corrected chi connectivity index (χ4v) is 3.56. The average Bonchev–Trinajstić information content (AvgIpc) is 3.38. The van der Waals surface area contributed by atoms with Crippen LogP contribution < -0.4 is 21.3 Å². The van der Waals surface area contributed by atoms with Crippen molar-refractivity contribution < 1.29 is 31.9 Å². The first-order chi connectivity index (χ1) is 18.4. The molecule has 3 aromatic rings. The molecule has 208 valence electrons. The molecule has 1 unspecified atom stereocenters. The van der Waals surface area contributed by atoms with Crippen LogP contribution in [-0.2, 0) is 9.59 Å². The Bertz CT molecular complexity index is 1330. The Hall–Kier alpha value is -4.49. The van der Waals surface area contributed by atoms with Gasteiger partial charge in [0.15, 0.2) is 0 Å². The van der Waals surface area contributed by atoms with Crippen molar-refractivity contribution in [3.05, 3.63) is 65.9 Å². The number of pyridine rings is 1. The van der Waals surface area contributed by atoms with Gasteiger partial charge in [0.2, 0.25) is 11.8 Å². The quantitative estimate of drug-likeness (QED) is 0.284. The summed E-state index contributed by atoms with van der Waals surface area (Å²) in [7, 11) is 0.